The van der Waals surface area contributed by atoms with Crippen molar-refractivity contribution in [2.75, 3.05) is 6.61 Å². The molecule has 24 heavy (non-hydrogen) atoms. The van der Waals surface area contributed by atoms with E-state index in [0.29, 0.717) is 0 Å². The predicted molar refractivity (Wildman–Crippen MR) is 64.2 cm³/mol. The molecule has 0 aliphatic carbocycles. The van der Waals surface area contributed by atoms with Crippen LogP contribution >= 0.6 is 0 Å². The predicted octanol–water partition coefficient (Wildman–Crippen LogP) is -1.18. The van der Waals surface area contributed by atoms with Crippen LogP contribution in [-0.2, 0) is 38.6 Å². The van der Waals surface area contributed by atoms with Gasteiger partial charge in [0.15, 0.2) is 6.61 Å². The fourth-order valence-electron chi connectivity index (χ4n) is 3.04. The van der Waals surface area contributed by atoms with E-state index in [1.54, 1.807) is 0 Å². The summed E-state index contributed by atoms with van der Waals surface area (Å²) in [7, 11) is -5.87. The number of ether oxygens (including phenoxy) is 3. The minimum absolute atomic E-state index is 0.244. The van der Waals surface area contributed by atoms with Crippen LogP contribution in [0.25, 0.3) is 0 Å². The Bertz CT molecular complexity index is 705. The number of fused-ring (bicyclic) bond motifs is 1. The maximum absolute atomic E-state index is 12.1. The second-order valence-corrected chi connectivity index (χ2v) is 7.16. The molecular weight excluding hydrogens is 363 g/mol. The zero-order valence-electron chi connectivity index (χ0n) is 11.6. The molecule has 3 fully saturated rings. The maximum atomic E-state index is 12.1. The lowest BCUT2D eigenvalue weighted by molar-refractivity contribution is -0.158. The molecule has 0 aromatic heterocycles. The number of esters is 2. The Morgan fingerprint density at radius 1 is 1.29 bits per heavy atom. The normalized spacial score (nSPS) is 34.1. The summed E-state index contributed by atoms with van der Waals surface area (Å²) < 4.78 is 73.4. The van der Waals surface area contributed by atoms with Crippen LogP contribution in [0.4, 0.5) is 13.2 Å². The monoisotopic (exact) mass is 373 g/mol. The molecule has 0 radical (unpaired) electrons. The smallest absolute Gasteiger partial charge is 0.458 e. The summed E-state index contributed by atoms with van der Waals surface area (Å²) in [5.74, 6) is -4.63. The van der Waals surface area contributed by atoms with Crippen LogP contribution < -0.4 is 4.72 Å². The number of nitrogens with one attached hydrogen (secondary N) is 1. The number of rotatable bonds is 4. The summed E-state index contributed by atoms with van der Waals surface area (Å²) in [6, 6.07) is 0. The first-order valence-corrected chi connectivity index (χ1v) is 8.14. The lowest BCUT2D eigenvalue weighted by atomic mass is 9.82. The van der Waals surface area contributed by atoms with Crippen molar-refractivity contribution in [2.45, 2.75) is 30.2 Å². The van der Waals surface area contributed by atoms with E-state index < -0.39 is 70.1 Å². The van der Waals surface area contributed by atoms with Crippen molar-refractivity contribution in [3.05, 3.63) is 0 Å². The third-order valence-corrected chi connectivity index (χ3v) is 5.12. The summed E-state index contributed by atoms with van der Waals surface area (Å²) in [6.07, 6.45) is -1.85. The molecule has 9 nitrogen and oxygen atoms in total. The molecule has 5 atom stereocenters. The highest BCUT2D eigenvalue weighted by molar-refractivity contribution is 7.90. The Balaban J connectivity index is 1.56. The lowest BCUT2D eigenvalue weighted by Crippen LogP contribution is -2.43. The van der Waals surface area contributed by atoms with E-state index in [4.69, 9.17) is 9.47 Å². The van der Waals surface area contributed by atoms with Gasteiger partial charge in [0.2, 0.25) is 0 Å². The molecule has 3 aliphatic rings. The first-order valence-electron chi connectivity index (χ1n) is 6.66. The Labute approximate surface area is 132 Å². The van der Waals surface area contributed by atoms with E-state index in [2.05, 4.69) is 4.74 Å². The van der Waals surface area contributed by atoms with Crippen molar-refractivity contribution in [1.29, 1.82) is 0 Å². The molecule has 5 unspecified atom stereocenters. The van der Waals surface area contributed by atoms with Gasteiger partial charge in [0.05, 0.1) is 12.0 Å². The van der Waals surface area contributed by atoms with Gasteiger partial charge in [-0.15, -0.1) is 0 Å². The van der Waals surface area contributed by atoms with Gasteiger partial charge < -0.3 is 14.2 Å². The number of alkyl halides is 3. The highest BCUT2D eigenvalue weighted by atomic mass is 32.2. The van der Waals surface area contributed by atoms with Crippen LogP contribution in [0.1, 0.15) is 6.42 Å². The van der Waals surface area contributed by atoms with Gasteiger partial charge in [-0.2, -0.15) is 21.6 Å². The van der Waals surface area contributed by atoms with Gasteiger partial charge in [0, 0.05) is 0 Å². The third-order valence-electron chi connectivity index (χ3n) is 4.02. The van der Waals surface area contributed by atoms with E-state index in [0.717, 1.165) is 4.72 Å². The average molecular weight is 373 g/mol. The second-order valence-electron chi connectivity index (χ2n) is 5.49. The van der Waals surface area contributed by atoms with E-state index in [-0.39, 0.29) is 6.42 Å². The van der Waals surface area contributed by atoms with E-state index in [9.17, 15) is 36.0 Å². The summed E-state index contributed by atoms with van der Waals surface area (Å²) in [5, 5.41) is 0. The van der Waals surface area contributed by atoms with Crippen molar-refractivity contribution in [3.63, 3.8) is 0 Å². The molecule has 3 aliphatic heterocycles. The van der Waals surface area contributed by atoms with Crippen LogP contribution in [0.15, 0.2) is 0 Å². The molecule has 134 valence electrons. The number of hydrogen-bond donors (Lipinski definition) is 1. The topological polar surface area (TPSA) is 125 Å². The molecule has 3 heterocycles. The SMILES string of the molecule is O=C(COC(=O)C1C2CC3C(=O)OC1C3O2)NS(=O)(=O)C(F)(F)F. The fourth-order valence-corrected chi connectivity index (χ4v) is 3.51. The number of halogens is 3. The summed E-state index contributed by atoms with van der Waals surface area (Å²) in [6.45, 7) is -1.23. The average Bonchev–Trinajstić information content (AvgIpc) is 3.05. The van der Waals surface area contributed by atoms with Gasteiger partial charge in [0.1, 0.15) is 18.1 Å². The molecule has 3 saturated heterocycles. The largest absolute Gasteiger partial charge is 0.516 e. The fraction of sp³-hybridized carbons (Fsp3) is 0.727. The Morgan fingerprint density at radius 2 is 1.96 bits per heavy atom. The number of amides is 1. The van der Waals surface area contributed by atoms with Crippen LogP contribution in [0.2, 0.25) is 0 Å². The number of hydrogen-bond acceptors (Lipinski definition) is 8. The quantitative estimate of drug-likeness (QED) is 0.611. The van der Waals surface area contributed by atoms with Crippen molar-refractivity contribution in [1.82, 2.24) is 4.72 Å². The first kappa shape index (κ1) is 17.0. The molecule has 0 aromatic rings. The Morgan fingerprint density at radius 3 is 2.58 bits per heavy atom. The molecular formula is C11H10F3NO8S. The summed E-state index contributed by atoms with van der Waals surface area (Å²) in [5.41, 5.74) is -5.67. The van der Waals surface area contributed by atoms with Crippen LogP contribution in [0.3, 0.4) is 0 Å². The zero-order valence-corrected chi connectivity index (χ0v) is 12.4. The minimum Gasteiger partial charge on any atom is -0.458 e. The van der Waals surface area contributed by atoms with Gasteiger partial charge >= 0.3 is 27.5 Å². The molecule has 2 bridgehead atoms. The Kier molecular flexibility index (Phi) is 3.75. The Hall–Kier alpha value is -1.89. The van der Waals surface area contributed by atoms with Gasteiger partial charge in [-0.1, -0.05) is 0 Å². The number of carbonyl (C=O) groups excluding carboxylic acids is 3. The maximum Gasteiger partial charge on any atom is 0.516 e. The summed E-state index contributed by atoms with van der Waals surface area (Å²) in [4.78, 5) is 34.6. The lowest BCUT2D eigenvalue weighted by Gasteiger charge is -2.20. The highest BCUT2D eigenvalue weighted by Crippen LogP contribution is 2.49. The van der Waals surface area contributed by atoms with E-state index >= 15 is 0 Å². The van der Waals surface area contributed by atoms with Gasteiger partial charge in [-0.05, 0) is 6.42 Å². The first-order chi connectivity index (χ1) is 11.0. The highest BCUT2D eigenvalue weighted by Gasteiger charge is 2.66. The number of sulfonamides is 1. The van der Waals surface area contributed by atoms with Crippen molar-refractivity contribution in [2.24, 2.45) is 11.8 Å². The molecule has 1 N–H and O–H groups in total. The molecule has 1 amide bonds. The third kappa shape index (κ3) is 2.60. The van der Waals surface area contributed by atoms with Crippen molar-refractivity contribution in [3.8, 4) is 0 Å². The van der Waals surface area contributed by atoms with E-state index in [1.807, 2.05) is 0 Å². The van der Waals surface area contributed by atoms with Crippen molar-refractivity contribution < 1.29 is 50.2 Å². The van der Waals surface area contributed by atoms with Crippen LogP contribution in [0.5, 0.6) is 0 Å². The molecule has 0 saturated carbocycles. The zero-order chi connectivity index (χ0) is 17.9. The van der Waals surface area contributed by atoms with Gasteiger partial charge in [-0.3, -0.25) is 14.4 Å². The van der Waals surface area contributed by atoms with Crippen molar-refractivity contribution >= 4 is 27.9 Å². The van der Waals surface area contributed by atoms with Crippen LogP contribution in [-0.4, -0.2) is 56.7 Å². The van der Waals surface area contributed by atoms with Crippen LogP contribution in [0, 0.1) is 11.8 Å². The van der Waals surface area contributed by atoms with Gasteiger partial charge in [-0.25, -0.2) is 4.72 Å². The minimum atomic E-state index is -5.87. The standard InChI is InChI=1S/C11H10F3NO8S/c12-11(13,14)24(19,20)15-5(16)2-21-10(18)6-4-1-3-7(22-4)8(6)23-9(3)17/h3-4,6-8H,1-2H2,(H,15,16). The second kappa shape index (κ2) is 5.31. The van der Waals surface area contributed by atoms with Gasteiger partial charge in [0.25, 0.3) is 5.91 Å². The molecule has 3 rings (SSSR count). The number of carbonyl (C=O) groups is 3. The summed E-state index contributed by atoms with van der Waals surface area (Å²) >= 11 is 0. The van der Waals surface area contributed by atoms with E-state index in [1.165, 1.54) is 0 Å². The molecule has 0 spiro atoms. The molecule has 13 heteroatoms. The molecule has 0 aromatic carbocycles.